The largest absolute Gasteiger partial charge is 0.496 e. The first kappa shape index (κ1) is 15.3. The number of hydrogen-bond acceptors (Lipinski definition) is 2. The Kier molecular flexibility index (Phi) is 4.74. The highest BCUT2D eigenvalue weighted by atomic mass is 16.5. The molecule has 1 N–H and O–H groups in total. The molecule has 0 radical (unpaired) electrons. The Morgan fingerprint density at radius 1 is 0.826 bits per heavy atom. The normalized spacial score (nSPS) is 11.9. The van der Waals surface area contributed by atoms with E-state index in [1.165, 1.54) is 0 Å². The van der Waals surface area contributed by atoms with Crippen LogP contribution in [0.25, 0.3) is 11.1 Å². The fourth-order valence-electron chi connectivity index (χ4n) is 2.83. The molecule has 0 unspecified atom stereocenters. The molecule has 23 heavy (non-hydrogen) atoms. The highest BCUT2D eigenvalue weighted by Crippen LogP contribution is 2.35. The maximum atomic E-state index is 10.5. The Morgan fingerprint density at radius 2 is 1.48 bits per heavy atom. The van der Waals surface area contributed by atoms with Gasteiger partial charge < -0.3 is 9.84 Å². The Bertz CT molecular complexity index is 751. The van der Waals surface area contributed by atoms with Crippen molar-refractivity contribution in [3.05, 3.63) is 90.0 Å². The number of para-hydroxylation sites is 1. The average molecular weight is 304 g/mol. The van der Waals surface area contributed by atoms with Gasteiger partial charge in [0.15, 0.2) is 0 Å². The lowest BCUT2D eigenvalue weighted by Gasteiger charge is -2.17. The molecule has 1 atom stereocenters. The van der Waals surface area contributed by atoms with Crippen LogP contribution in [0, 0.1) is 0 Å². The molecule has 0 saturated carbocycles. The van der Waals surface area contributed by atoms with Crippen LogP contribution >= 0.6 is 0 Å². The van der Waals surface area contributed by atoms with E-state index in [1.54, 1.807) is 7.11 Å². The summed E-state index contributed by atoms with van der Waals surface area (Å²) in [7, 11) is 1.68. The van der Waals surface area contributed by atoms with Gasteiger partial charge in [-0.2, -0.15) is 0 Å². The van der Waals surface area contributed by atoms with Gasteiger partial charge in [0.25, 0.3) is 0 Å². The fraction of sp³-hybridized carbons (Fsp3) is 0.143. The molecule has 2 heteroatoms. The van der Waals surface area contributed by atoms with Crippen LogP contribution in [0.1, 0.15) is 17.2 Å². The van der Waals surface area contributed by atoms with Crippen molar-refractivity contribution >= 4 is 0 Å². The van der Waals surface area contributed by atoms with Crippen molar-refractivity contribution in [3.8, 4) is 16.9 Å². The van der Waals surface area contributed by atoms with E-state index in [2.05, 4.69) is 12.1 Å². The minimum Gasteiger partial charge on any atom is -0.496 e. The number of methoxy groups -OCH3 is 1. The molecule has 3 aromatic carbocycles. The molecule has 116 valence electrons. The molecule has 0 bridgehead atoms. The SMILES string of the molecule is COc1c(C[C@@H](O)c2ccccc2)cccc1-c1ccccc1. The quantitative estimate of drug-likeness (QED) is 0.744. The molecule has 3 aromatic rings. The van der Waals surface area contributed by atoms with E-state index in [9.17, 15) is 5.11 Å². The Hall–Kier alpha value is -2.58. The number of hydrogen-bond donors (Lipinski definition) is 1. The summed E-state index contributed by atoms with van der Waals surface area (Å²) >= 11 is 0. The average Bonchev–Trinajstić information content (AvgIpc) is 2.63. The number of aliphatic hydroxyl groups excluding tert-OH is 1. The second-order valence-electron chi connectivity index (χ2n) is 5.49. The van der Waals surface area contributed by atoms with Crippen molar-refractivity contribution in [1.29, 1.82) is 0 Å². The maximum absolute atomic E-state index is 10.5. The summed E-state index contributed by atoms with van der Waals surface area (Å²) in [5, 5.41) is 10.5. The minimum atomic E-state index is -0.545. The maximum Gasteiger partial charge on any atom is 0.129 e. The van der Waals surface area contributed by atoms with E-state index in [0.717, 1.165) is 28.0 Å². The summed E-state index contributed by atoms with van der Waals surface area (Å²) in [4.78, 5) is 0. The van der Waals surface area contributed by atoms with E-state index in [1.807, 2.05) is 66.7 Å². The van der Waals surface area contributed by atoms with Crippen molar-refractivity contribution in [1.82, 2.24) is 0 Å². The van der Waals surface area contributed by atoms with E-state index in [-0.39, 0.29) is 0 Å². The minimum absolute atomic E-state index is 0.522. The number of aliphatic hydroxyl groups is 1. The van der Waals surface area contributed by atoms with Crippen LogP contribution in [0.4, 0.5) is 0 Å². The van der Waals surface area contributed by atoms with Crippen molar-refractivity contribution in [2.75, 3.05) is 7.11 Å². The van der Waals surface area contributed by atoms with Crippen molar-refractivity contribution in [2.24, 2.45) is 0 Å². The van der Waals surface area contributed by atoms with Crippen LogP contribution in [-0.4, -0.2) is 12.2 Å². The summed E-state index contributed by atoms with van der Waals surface area (Å²) in [5.74, 6) is 0.827. The second kappa shape index (κ2) is 7.12. The molecule has 0 fully saturated rings. The summed E-state index contributed by atoms with van der Waals surface area (Å²) in [6.07, 6.45) is -0.0236. The molecule has 0 aliphatic rings. The standard InChI is InChI=1S/C21H20O2/c1-23-21-18(15-20(22)17-11-6-3-7-12-17)13-8-14-19(21)16-9-4-2-5-10-16/h2-14,20,22H,15H2,1H3/t20-/m1/s1. The molecule has 0 spiro atoms. The third-order valence-corrected chi connectivity index (χ3v) is 3.98. The van der Waals surface area contributed by atoms with Gasteiger partial charge in [-0.3, -0.25) is 0 Å². The number of benzene rings is 3. The first-order valence-electron chi connectivity index (χ1n) is 7.74. The molecule has 0 amide bonds. The molecule has 0 aromatic heterocycles. The molecule has 0 aliphatic carbocycles. The zero-order valence-corrected chi connectivity index (χ0v) is 13.1. The molecular formula is C21H20O2. The van der Waals surface area contributed by atoms with Crippen LogP contribution in [-0.2, 0) is 6.42 Å². The van der Waals surface area contributed by atoms with E-state index in [4.69, 9.17) is 4.74 Å². The lowest BCUT2D eigenvalue weighted by atomic mass is 9.96. The van der Waals surface area contributed by atoms with Crippen LogP contribution in [0.2, 0.25) is 0 Å². The Labute approximate surface area is 137 Å². The highest BCUT2D eigenvalue weighted by molar-refractivity contribution is 5.72. The van der Waals surface area contributed by atoms with Crippen LogP contribution in [0.3, 0.4) is 0 Å². The zero-order valence-electron chi connectivity index (χ0n) is 13.1. The molecule has 0 saturated heterocycles. The lowest BCUT2D eigenvalue weighted by molar-refractivity contribution is 0.177. The molecule has 2 nitrogen and oxygen atoms in total. The molecular weight excluding hydrogens is 284 g/mol. The predicted molar refractivity (Wildman–Crippen MR) is 93.5 cm³/mol. The van der Waals surface area contributed by atoms with Gasteiger partial charge in [-0.25, -0.2) is 0 Å². The van der Waals surface area contributed by atoms with Gasteiger partial charge in [-0.1, -0.05) is 78.9 Å². The Morgan fingerprint density at radius 3 is 2.13 bits per heavy atom. The van der Waals surface area contributed by atoms with Gasteiger partial charge in [-0.05, 0) is 16.7 Å². The zero-order chi connectivity index (χ0) is 16.1. The van der Waals surface area contributed by atoms with Gasteiger partial charge >= 0.3 is 0 Å². The van der Waals surface area contributed by atoms with Crippen molar-refractivity contribution in [3.63, 3.8) is 0 Å². The first-order chi connectivity index (χ1) is 11.3. The fourth-order valence-corrected chi connectivity index (χ4v) is 2.83. The van der Waals surface area contributed by atoms with E-state index in [0.29, 0.717) is 6.42 Å². The Balaban J connectivity index is 1.94. The number of rotatable bonds is 5. The lowest BCUT2D eigenvalue weighted by Crippen LogP contribution is -2.04. The summed E-state index contributed by atoms with van der Waals surface area (Å²) in [6, 6.07) is 25.9. The van der Waals surface area contributed by atoms with Crippen molar-refractivity contribution in [2.45, 2.75) is 12.5 Å². The number of ether oxygens (including phenoxy) is 1. The summed E-state index contributed by atoms with van der Waals surface area (Å²) in [5.41, 5.74) is 4.08. The predicted octanol–water partition coefficient (Wildman–Crippen LogP) is 4.64. The van der Waals surface area contributed by atoms with Gasteiger partial charge in [0.1, 0.15) is 5.75 Å². The van der Waals surface area contributed by atoms with Crippen LogP contribution in [0.15, 0.2) is 78.9 Å². The van der Waals surface area contributed by atoms with Crippen LogP contribution in [0.5, 0.6) is 5.75 Å². The molecule has 3 rings (SSSR count). The first-order valence-corrected chi connectivity index (χ1v) is 7.74. The monoisotopic (exact) mass is 304 g/mol. The van der Waals surface area contributed by atoms with Crippen LogP contribution < -0.4 is 4.74 Å². The van der Waals surface area contributed by atoms with E-state index >= 15 is 0 Å². The smallest absolute Gasteiger partial charge is 0.129 e. The van der Waals surface area contributed by atoms with Gasteiger partial charge in [0.05, 0.1) is 13.2 Å². The van der Waals surface area contributed by atoms with Gasteiger partial charge in [0.2, 0.25) is 0 Å². The molecule has 0 heterocycles. The topological polar surface area (TPSA) is 29.5 Å². The van der Waals surface area contributed by atoms with Crippen molar-refractivity contribution < 1.29 is 9.84 Å². The van der Waals surface area contributed by atoms with Gasteiger partial charge in [0, 0.05) is 12.0 Å². The second-order valence-corrected chi connectivity index (χ2v) is 5.49. The summed E-state index contributed by atoms with van der Waals surface area (Å²) in [6.45, 7) is 0. The highest BCUT2D eigenvalue weighted by Gasteiger charge is 2.15. The third kappa shape index (κ3) is 3.43. The third-order valence-electron chi connectivity index (χ3n) is 3.98. The van der Waals surface area contributed by atoms with E-state index < -0.39 is 6.10 Å². The van der Waals surface area contributed by atoms with Gasteiger partial charge in [-0.15, -0.1) is 0 Å². The summed E-state index contributed by atoms with van der Waals surface area (Å²) < 4.78 is 5.66. The molecule has 0 aliphatic heterocycles.